The third-order valence-corrected chi connectivity index (χ3v) is 2.79. The zero-order valence-electron chi connectivity index (χ0n) is 9.01. The van der Waals surface area contributed by atoms with Crippen LogP contribution in [0.25, 0.3) is 0 Å². The van der Waals surface area contributed by atoms with Gasteiger partial charge in [-0.1, -0.05) is 21.0 Å². The maximum Gasteiger partial charge on any atom is 0.338 e. The van der Waals surface area contributed by atoms with Crippen molar-refractivity contribution >= 4 is 33.9 Å². The Bertz CT molecular complexity index is 385. The van der Waals surface area contributed by atoms with E-state index in [-0.39, 0.29) is 5.97 Å². The van der Waals surface area contributed by atoms with Gasteiger partial charge in [-0.15, -0.1) is 4.33 Å². The van der Waals surface area contributed by atoms with Gasteiger partial charge in [0.2, 0.25) is 0 Å². The Morgan fingerprint density at radius 3 is 2.88 bits per heavy atom. The van der Waals surface area contributed by atoms with E-state index in [9.17, 15) is 4.79 Å². The maximum absolute atomic E-state index is 11.6. The first kappa shape index (κ1) is 14.5. The Balaban J connectivity index is 2.71. The van der Waals surface area contributed by atoms with E-state index in [0.717, 1.165) is 17.6 Å². The number of benzene rings is 1. The molecule has 0 heterocycles. The molecule has 1 N–H and O–H groups in total. The summed E-state index contributed by atoms with van der Waals surface area (Å²) >= 11 is 4.02. The first-order chi connectivity index (χ1) is 8.19. The monoisotopic (exact) mass is 322 g/mol. The third-order valence-electron chi connectivity index (χ3n) is 1.89. The second kappa shape index (κ2) is 7.67. The van der Waals surface area contributed by atoms with Crippen molar-refractivity contribution in [2.75, 3.05) is 11.9 Å². The molecule has 0 aliphatic heterocycles. The molecule has 0 saturated carbocycles. The summed E-state index contributed by atoms with van der Waals surface area (Å²) in [5.41, 5.74) is 1.26. The minimum absolute atomic E-state index is 0.330. The van der Waals surface area contributed by atoms with Crippen LogP contribution in [0.5, 0.6) is 0 Å². The second-order valence-corrected chi connectivity index (χ2v) is 4.59. The van der Waals surface area contributed by atoms with Gasteiger partial charge in [-0.05, 0) is 30.7 Å². The van der Waals surface area contributed by atoms with Crippen molar-refractivity contribution in [3.63, 3.8) is 0 Å². The first-order valence-corrected chi connectivity index (χ1v) is 6.54. The number of esters is 1. The summed E-state index contributed by atoms with van der Waals surface area (Å²) in [5.74, 6) is -0.363. The Hall–Kier alpha value is -0.600. The standard InChI is InChI=1S/C10H11BrO5S/c1-7-6-8(17-16-15-13)2-3-9(7)10(12)14-5-4-11/h2-3,6,13H,4-5H2,1H3. The zero-order valence-corrected chi connectivity index (χ0v) is 11.4. The van der Waals surface area contributed by atoms with Crippen molar-refractivity contribution in [3.05, 3.63) is 29.3 Å². The van der Waals surface area contributed by atoms with E-state index in [2.05, 4.69) is 25.3 Å². The lowest BCUT2D eigenvalue weighted by Crippen LogP contribution is -2.08. The van der Waals surface area contributed by atoms with E-state index >= 15 is 0 Å². The normalized spacial score (nSPS) is 10.3. The Labute approximate surface area is 111 Å². The summed E-state index contributed by atoms with van der Waals surface area (Å²) < 4.78 is 9.28. The molecule has 0 aliphatic rings. The highest BCUT2D eigenvalue weighted by Gasteiger charge is 2.11. The molecule has 1 rings (SSSR count). The third kappa shape index (κ3) is 4.64. The largest absolute Gasteiger partial charge is 0.461 e. The molecule has 1 aromatic rings. The fourth-order valence-electron chi connectivity index (χ4n) is 1.18. The molecular weight excluding hydrogens is 312 g/mol. The number of halogens is 1. The van der Waals surface area contributed by atoms with Crippen molar-refractivity contribution < 1.29 is 24.2 Å². The number of hydrogen-bond acceptors (Lipinski definition) is 6. The molecule has 0 bridgehead atoms. The van der Waals surface area contributed by atoms with E-state index in [1.165, 1.54) is 0 Å². The predicted octanol–water partition coefficient (Wildman–Crippen LogP) is 2.98. The van der Waals surface area contributed by atoms with Gasteiger partial charge < -0.3 is 4.74 Å². The maximum atomic E-state index is 11.6. The molecule has 0 aliphatic carbocycles. The van der Waals surface area contributed by atoms with Crippen LogP contribution in [0, 0.1) is 6.92 Å². The summed E-state index contributed by atoms with van der Waals surface area (Å²) in [6.45, 7) is 2.12. The summed E-state index contributed by atoms with van der Waals surface area (Å²) in [7, 11) is 0. The highest BCUT2D eigenvalue weighted by atomic mass is 79.9. The Morgan fingerprint density at radius 1 is 1.53 bits per heavy atom. The Kier molecular flexibility index (Phi) is 6.53. The molecule has 0 saturated heterocycles. The second-order valence-electron chi connectivity index (χ2n) is 3.03. The van der Waals surface area contributed by atoms with Crippen LogP contribution in [-0.4, -0.2) is 23.2 Å². The van der Waals surface area contributed by atoms with Gasteiger partial charge in [0.1, 0.15) is 6.61 Å². The molecular formula is C10H11BrO5S. The topological polar surface area (TPSA) is 65.0 Å². The molecule has 0 unspecified atom stereocenters. The van der Waals surface area contributed by atoms with E-state index in [1.807, 2.05) is 0 Å². The van der Waals surface area contributed by atoms with Crippen molar-refractivity contribution in [1.82, 2.24) is 0 Å². The minimum atomic E-state index is -0.363. The summed E-state index contributed by atoms with van der Waals surface area (Å²) in [5, 5.41) is 12.1. The highest BCUT2D eigenvalue weighted by molar-refractivity contribution is 9.09. The van der Waals surface area contributed by atoms with Gasteiger partial charge in [-0.2, -0.15) is 0 Å². The molecule has 0 amide bonds. The molecule has 0 radical (unpaired) electrons. The van der Waals surface area contributed by atoms with Crippen LogP contribution in [0.15, 0.2) is 23.1 Å². The van der Waals surface area contributed by atoms with Crippen molar-refractivity contribution in [3.8, 4) is 0 Å². The molecule has 1 aromatic carbocycles. The average molecular weight is 323 g/mol. The molecule has 17 heavy (non-hydrogen) atoms. The number of hydrogen-bond donors (Lipinski definition) is 1. The van der Waals surface area contributed by atoms with Crippen molar-refractivity contribution in [1.29, 1.82) is 0 Å². The van der Waals surface area contributed by atoms with Crippen LogP contribution in [-0.2, 0) is 14.1 Å². The average Bonchev–Trinajstić information content (AvgIpc) is 2.33. The molecule has 0 spiro atoms. The Morgan fingerprint density at radius 2 is 2.29 bits per heavy atom. The van der Waals surface area contributed by atoms with E-state index in [4.69, 9.17) is 9.99 Å². The highest BCUT2D eigenvalue weighted by Crippen LogP contribution is 2.22. The lowest BCUT2D eigenvalue weighted by Gasteiger charge is -2.07. The van der Waals surface area contributed by atoms with E-state index < -0.39 is 0 Å². The van der Waals surface area contributed by atoms with Gasteiger partial charge >= 0.3 is 5.97 Å². The fraction of sp³-hybridized carbons (Fsp3) is 0.300. The van der Waals surface area contributed by atoms with Crippen LogP contribution in [0.2, 0.25) is 0 Å². The van der Waals surface area contributed by atoms with Gasteiger partial charge in [-0.25, -0.2) is 10.1 Å². The van der Waals surface area contributed by atoms with Crippen LogP contribution in [0.3, 0.4) is 0 Å². The number of alkyl halides is 1. The summed E-state index contributed by atoms with van der Waals surface area (Å²) in [6.07, 6.45) is 0. The zero-order chi connectivity index (χ0) is 12.7. The molecule has 0 fully saturated rings. The smallest absolute Gasteiger partial charge is 0.338 e. The lowest BCUT2D eigenvalue weighted by atomic mass is 10.1. The lowest BCUT2D eigenvalue weighted by molar-refractivity contribution is -0.432. The van der Waals surface area contributed by atoms with Crippen LogP contribution in [0.4, 0.5) is 0 Å². The number of carbonyl (C=O) groups is 1. The molecule has 0 aromatic heterocycles. The van der Waals surface area contributed by atoms with Crippen molar-refractivity contribution in [2.45, 2.75) is 11.8 Å². The molecule has 0 atom stereocenters. The van der Waals surface area contributed by atoms with Gasteiger partial charge in [-0.3, -0.25) is 0 Å². The molecule has 7 heteroatoms. The minimum Gasteiger partial charge on any atom is -0.461 e. The number of rotatable bonds is 6. The summed E-state index contributed by atoms with van der Waals surface area (Å²) in [6, 6.07) is 5.03. The summed E-state index contributed by atoms with van der Waals surface area (Å²) in [4.78, 5) is 12.3. The number of aryl methyl sites for hydroxylation is 1. The van der Waals surface area contributed by atoms with E-state index in [0.29, 0.717) is 22.4 Å². The molecule has 94 valence electrons. The van der Waals surface area contributed by atoms with Crippen LogP contribution < -0.4 is 0 Å². The number of carbonyl (C=O) groups excluding carboxylic acids is 1. The van der Waals surface area contributed by atoms with Gasteiger partial charge in [0.05, 0.1) is 17.6 Å². The SMILES string of the molecule is Cc1cc(SOOO)ccc1C(=O)OCCBr. The van der Waals surface area contributed by atoms with Gasteiger partial charge in [0.15, 0.2) is 0 Å². The van der Waals surface area contributed by atoms with E-state index in [1.54, 1.807) is 25.1 Å². The quantitative estimate of drug-likeness (QED) is 0.285. The number of ether oxygens (including phenoxy) is 1. The van der Waals surface area contributed by atoms with Gasteiger partial charge in [0.25, 0.3) is 0 Å². The first-order valence-electron chi connectivity index (χ1n) is 4.67. The molecule has 5 nitrogen and oxygen atoms in total. The van der Waals surface area contributed by atoms with Gasteiger partial charge in [0, 0.05) is 10.2 Å². The van der Waals surface area contributed by atoms with Crippen molar-refractivity contribution in [2.24, 2.45) is 0 Å². The van der Waals surface area contributed by atoms with Crippen LogP contribution in [0.1, 0.15) is 15.9 Å². The predicted molar refractivity (Wildman–Crippen MR) is 65.9 cm³/mol. The fourth-order valence-corrected chi connectivity index (χ4v) is 1.80. The van der Waals surface area contributed by atoms with Crippen LogP contribution >= 0.6 is 28.0 Å².